The van der Waals surface area contributed by atoms with E-state index in [-0.39, 0.29) is 23.3 Å². The Bertz CT molecular complexity index is 1610. The number of thiazole rings is 1. The van der Waals surface area contributed by atoms with Crippen molar-refractivity contribution >= 4 is 80.4 Å². The smallest absolute Gasteiger partial charge is 0.272 e. The third kappa shape index (κ3) is 7.54. The topological polar surface area (TPSA) is 100 Å². The van der Waals surface area contributed by atoms with Gasteiger partial charge in [0.05, 0.1) is 16.3 Å². The van der Waals surface area contributed by atoms with Crippen molar-refractivity contribution in [2.45, 2.75) is 4.90 Å². The number of aromatic nitrogens is 1. The van der Waals surface area contributed by atoms with Crippen molar-refractivity contribution in [1.82, 2.24) is 10.3 Å². The maximum atomic E-state index is 13.1. The van der Waals surface area contributed by atoms with E-state index >= 15 is 0 Å². The number of rotatable bonds is 10. The Balaban J connectivity index is 1.16. The zero-order chi connectivity index (χ0) is 27.7. The van der Waals surface area contributed by atoms with Gasteiger partial charge in [-0.05, 0) is 76.3 Å². The van der Waals surface area contributed by atoms with Crippen LogP contribution in [0.25, 0.3) is 16.6 Å². The number of benzene rings is 2. The van der Waals surface area contributed by atoms with Crippen LogP contribution in [0, 0.1) is 0 Å². The fourth-order valence-corrected chi connectivity index (χ4v) is 6.28. The number of thioether (sulfide) groups is 1. The van der Waals surface area contributed by atoms with Crippen LogP contribution in [0.2, 0.25) is 0 Å². The molecule has 0 aliphatic rings. The maximum absolute atomic E-state index is 13.1. The number of anilines is 2. The summed E-state index contributed by atoms with van der Waals surface area (Å²) in [6.07, 6.45) is 1.64. The molecule has 2 aromatic carbocycles. The van der Waals surface area contributed by atoms with E-state index < -0.39 is 5.91 Å². The number of hydrogen-bond donors (Lipinski definition) is 3. The van der Waals surface area contributed by atoms with Crippen molar-refractivity contribution in [3.8, 4) is 10.6 Å². The molecule has 0 unspecified atom stereocenters. The molecule has 7 nitrogen and oxygen atoms in total. The van der Waals surface area contributed by atoms with Gasteiger partial charge >= 0.3 is 0 Å². The van der Waals surface area contributed by atoms with Gasteiger partial charge in [-0.3, -0.25) is 14.4 Å². The second kappa shape index (κ2) is 13.4. The van der Waals surface area contributed by atoms with Gasteiger partial charge in [0, 0.05) is 21.5 Å². The van der Waals surface area contributed by atoms with Gasteiger partial charge in [-0.1, -0.05) is 24.3 Å². The van der Waals surface area contributed by atoms with E-state index in [1.165, 1.54) is 34.4 Å². The average Bonchev–Trinajstić information content (AvgIpc) is 3.76. The number of nitrogens with one attached hydrogen (secondary N) is 3. The van der Waals surface area contributed by atoms with E-state index in [1.807, 2.05) is 57.9 Å². The first kappa shape index (κ1) is 27.5. The molecule has 0 radical (unpaired) electrons. The predicted molar refractivity (Wildman–Crippen MR) is 166 cm³/mol. The summed E-state index contributed by atoms with van der Waals surface area (Å²) in [6, 6.07) is 21.7. The summed E-state index contributed by atoms with van der Waals surface area (Å²) in [7, 11) is 0. The van der Waals surface area contributed by atoms with Gasteiger partial charge in [-0.25, -0.2) is 4.98 Å². The fraction of sp³-hybridized carbons (Fsp3) is 0.0345. The molecule has 40 heavy (non-hydrogen) atoms. The maximum Gasteiger partial charge on any atom is 0.272 e. The minimum Gasteiger partial charge on any atom is -0.321 e. The monoisotopic (exact) mass is 602 g/mol. The first-order valence-corrected chi connectivity index (χ1v) is 15.7. The lowest BCUT2D eigenvalue weighted by molar-refractivity contribution is -0.114. The first-order valence-electron chi connectivity index (χ1n) is 12.0. The number of nitrogens with zero attached hydrogens (tertiary/aromatic N) is 1. The van der Waals surface area contributed by atoms with Gasteiger partial charge in [-0.2, -0.15) is 11.3 Å². The molecule has 5 aromatic rings. The zero-order valence-electron chi connectivity index (χ0n) is 20.8. The molecule has 0 aliphatic carbocycles. The van der Waals surface area contributed by atoms with Crippen LogP contribution >= 0.6 is 45.8 Å². The lowest BCUT2D eigenvalue weighted by Gasteiger charge is -2.11. The zero-order valence-corrected chi connectivity index (χ0v) is 24.1. The molecule has 3 heterocycles. The van der Waals surface area contributed by atoms with E-state index in [0.717, 1.165) is 21.0 Å². The molecule has 0 saturated heterocycles. The molecule has 200 valence electrons. The SMILES string of the molecule is O=C(CSc1ccc(NC(=O)/C(=C/c2ccsc2)NC(=O)c2ccccc2)cc1)Nc1nc(-c2cccs2)cs1. The summed E-state index contributed by atoms with van der Waals surface area (Å²) < 4.78 is 0. The van der Waals surface area contributed by atoms with E-state index in [9.17, 15) is 14.4 Å². The molecule has 11 heteroatoms. The Labute approximate surface area is 247 Å². The van der Waals surface area contributed by atoms with Gasteiger partial charge in [0.2, 0.25) is 5.91 Å². The summed E-state index contributed by atoms with van der Waals surface area (Å²) >= 11 is 5.88. The third-order valence-electron chi connectivity index (χ3n) is 5.39. The van der Waals surface area contributed by atoms with Crippen LogP contribution in [0.15, 0.2) is 105 Å². The average molecular weight is 603 g/mol. The molecule has 0 atom stereocenters. The Morgan fingerprint density at radius 3 is 2.40 bits per heavy atom. The van der Waals surface area contributed by atoms with Crippen molar-refractivity contribution in [2.24, 2.45) is 0 Å². The Morgan fingerprint density at radius 1 is 0.850 bits per heavy atom. The highest BCUT2D eigenvalue weighted by Gasteiger charge is 2.15. The van der Waals surface area contributed by atoms with E-state index in [0.29, 0.717) is 16.4 Å². The van der Waals surface area contributed by atoms with Crippen LogP contribution in [0.1, 0.15) is 15.9 Å². The van der Waals surface area contributed by atoms with Crippen molar-refractivity contribution in [1.29, 1.82) is 0 Å². The van der Waals surface area contributed by atoms with Crippen molar-refractivity contribution in [3.05, 3.63) is 111 Å². The lowest BCUT2D eigenvalue weighted by atomic mass is 10.2. The number of carbonyl (C=O) groups is 3. The van der Waals surface area contributed by atoms with Gasteiger partial charge in [0.25, 0.3) is 11.8 Å². The molecule has 3 amide bonds. The van der Waals surface area contributed by atoms with Crippen LogP contribution < -0.4 is 16.0 Å². The predicted octanol–water partition coefficient (Wildman–Crippen LogP) is 7.07. The second-order valence-electron chi connectivity index (χ2n) is 8.27. The Morgan fingerprint density at radius 2 is 1.68 bits per heavy atom. The summed E-state index contributed by atoms with van der Waals surface area (Å²) in [6.45, 7) is 0. The number of thiophene rings is 2. The van der Waals surface area contributed by atoms with E-state index in [4.69, 9.17) is 0 Å². The summed E-state index contributed by atoms with van der Waals surface area (Å²) in [5.74, 6) is -0.742. The van der Waals surface area contributed by atoms with Crippen LogP contribution in [0.4, 0.5) is 10.8 Å². The van der Waals surface area contributed by atoms with Crippen molar-refractivity contribution in [3.63, 3.8) is 0 Å². The van der Waals surface area contributed by atoms with Crippen LogP contribution in [0.5, 0.6) is 0 Å². The summed E-state index contributed by atoms with van der Waals surface area (Å²) in [5, 5.41) is 16.7. The van der Waals surface area contributed by atoms with Gasteiger partial charge in [-0.15, -0.1) is 34.4 Å². The second-order valence-corrected chi connectivity index (χ2v) is 11.9. The summed E-state index contributed by atoms with van der Waals surface area (Å²) in [5.41, 5.74) is 2.82. The molecular formula is C29H22N4O3S4. The molecule has 3 N–H and O–H groups in total. The summed E-state index contributed by atoms with van der Waals surface area (Å²) in [4.78, 5) is 44.7. The van der Waals surface area contributed by atoms with Crippen LogP contribution in [-0.2, 0) is 9.59 Å². The highest BCUT2D eigenvalue weighted by molar-refractivity contribution is 8.00. The standard InChI is InChI=1S/C29H22N4O3S4/c34-26(33-29-32-24(17-40-29)25-7-4-13-38-25)18-39-22-10-8-21(9-11-22)30-28(36)23(15-19-12-14-37-16-19)31-27(35)20-5-2-1-3-6-20/h1-17H,18H2,(H,30,36)(H,31,35)(H,32,33,34)/b23-15-. The molecule has 0 aliphatic heterocycles. The quantitative estimate of drug-likeness (QED) is 0.117. The Hall–Kier alpha value is -4.03. The minimum atomic E-state index is -0.444. The van der Waals surface area contributed by atoms with Crippen molar-refractivity contribution < 1.29 is 14.4 Å². The minimum absolute atomic E-state index is 0.131. The largest absolute Gasteiger partial charge is 0.321 e. The molecule has 0 bridgehead atoms. The number of hydrogen-bond acceptors (Lipinski definition) is 8. The highest BCUT2D eigenvalue weighted by Crippen LogP contribution is 2.28. The molecule has 0 saturated carbocycles. The number of amides is 3. The molecule has 0 spiro atoms. The van der Waals surface area contributed by atoms with E-state index in [1.54, 1.807) is 53.8 Å². The molecular weight excluding hydrogens is 581 g/mol. The first-order chi connectivity index (χ1) is 19.5. The van der Waals surface area contributed by atoms with Gasteiger partial charge < -0.3 is 16.0 Å². The van der Waals surface area contributed by atoms with E-state index in [2.05, 4.69) is 20.9 Å². The van der Waals surface area contributed by atoms with Crippen molar-refractivity contribution in [2.75, 3.05) is 16.4 Å². The van der Waals surface area contributed by atoms with Crippen LogP contribution in [-0.4, -0.2) is 28.5 Å². The van der Waals surface area contributed by atoms with Crippen LogP contribution in [0.3, 0.4) is 0 Å². The normalized spacial score (nSPS) is 11.2. The Kier molecular flexibility index (Phi) is 9.19. The third-order valence-corrected chi connectivity index (χ3v) is 8.75. The number of carbonyl (C=O) groups excluding carboxylic acids is 3. The van der Waals surface area contributed by atoms with Gasteiger partial charge in [0.1, 0.15) is 5.70 Å². The van der Waals surface area contributed by atoms with Gasteiger partial charge in [0.15, 0.2) is 5.13 Å². The molecule has 3 aromatic heterocycles. The molecule has 5 rings (SSSR count). The highest BCUT2D eigenvalue weighted by atomic mass is 32.2. The lowest BCUT2D eigenvalue weighted by Crippen LogP contribution is -2.30. The fourth-order valence-electron chi connectivity index (χ4n) is 3.47. The molecule has 0 fully saturated rings.